The van der Waals surface area contributed by atoms with E-state index in [-0.39, 0.29) is 130 Å². The lowest BCUT2D eigenvalue weighted by atomic mass is 9.62. The largest absolute Gasteiger partial charge is 0.507 e. The molecule has 5 aromatic carbocycles. The third-order valence-corrected chi connectivity index (χ3v) is 15.1. The summed E-state index contributed by atoms with van der Waals surface area (Å²) in [5.41, 5.74) is 2.09. The summed E-state index contributed by atoms with van der Waals surface area (Å²) in [6.45, 7) is 6.82. The number of halogens is 7. The predicted octanol–water partition coefficient (Wildman–Crippen LogP) is 9.38. The number of primary amides is 1. The van der Waals surface area contributed by atoms with E-state index in [2.05, 4.69) is 37.3 Å². The Morgan fingerprint density at radius 2 is 1.64 bits per heavy atom. The number of methoxy groups -OCH3 is 1. The fourth-order valence-corrected chi connectivity index (χ4v) is 11.0. The van der Waals surface area contributed by atoms with Crippen molar-refractivity contribution < 1.29 is 46.6 Å². The van der Waals surface area contributed by atoms with Crippen molar-refractivity contribution in [3.63, 3.8) is 0 Å². The van der Waals surface area contributed by atoms with Crippen LogP contribution in [0.15, 0.2) is 78.9 Å². The zero-order chi connectivity index (χ0) is 58.0. The number of anilines is 3. The lowest BCUT2D eigenvalue weighted by molar-refractivity contribution is -0.129. The molecule has 24 heteroatoms. The summed E-state index contributed by atoms with van der Waals surface area (Å²) < 4.78 is 69.6. The van der Waals surface area contributed by atoms with Gasteiger partial charge in [0, 0.05) is 98.3 Å². The number of carbonyl (C=O) groups is 4. The molecule has 8 rings (SSSR count). The number of phenols is 1. The highest BCUT2D eigenvalue weighted by molar-refractivity contribution is 6.34. The third-order valence-electron chi connectivity index (χ3n) is 14.2. The maximum Gasteiger partial charge on any atom is 0.314 e. The van der Waals surface area contributed by atoms with Gasteiger partial charge in [-0.2, -0.15) is 10.2 Å². The number of fused-ring (bicyclic) bond motifs is 1. The van der Waals surface area contributed by atoms with Crippen molar-refractivity contribution in [1.82, 2.24) is 30.4 Å². The number of nitrogens with two attached hydrogens (primary N) is 1. The molecule has 5 amide bonds. The van der Waals surface area contributed by atoms with E-state index in [9.17, 15) is 29.5 Å². The van der Waals surface area contributed by atoms with Gasteiger partial charge in [0.15, 0.2) is 5.82 Å². The van der Waals surface area contributed by atoms with Crippen LogP contribution in [0.1, 0.15) is 61.0 Å². The van der Waals surface area contributed by atoms with Crippen molar-refractivity contribution in [2.45, 2.75) is 57.0 Å². The third kappa shape index (κ3) is 11.9. The lowest BCUT2D eigenvalue weighted by Crippen LogP contribution is -2.50. The van der Waals surface area contributed by atoms with Crippen molar-refractivity contribution in [2.24, 2.45) is 11.1 Å². The number of carbonyl (C=O) groups excluding carboxylic acids is 4. The van der Waals surface area contributed by atoms with Gasteiger partial charge in [0.25, 0.3) is 5.91 Å². The number of nitrogens with one attached hydrogen (secondary N) is 4. The molecule has 0 radical (unpaired) electrons. The van der Waals surface area contributed by atoms with Crippen LogP contribution < -0.4 is 36.6 Å². The van der Waals surface area contributed by atoms with E-state index >= 15 is 17.6 Å². The molecule has 6 aromatic rings. The number of rotatable bonds is 16. The fraction of sp³-hybridized carbons (Fsp3) is 0.339. The molecular formula is C56H56Cl3F4N11O6. The molecule has 0 aliphatic carbocycles. The topological polar surface area (TPSA) is 231 Å². The van der Waals surface area contributed by atoms with Crippen molar-refractivity contribution in [2.75, 3.05) is 75.5 Å². The van der Waals surface area contributed by atoms with Crippen molar-refractivity contribution in [3.8, 4) is 28.7 Å². The summed E-state index contributed by atoms with van der Waals surface area (Å²) in [4.78, 5) is 67.0. The van der Waals surface area contributed by atoms with Crippen molar-refractivity contribution in [3.05, 3.63) is 134 Å². The standard InChI is InChI=1S/C56H56Cl3F4N11O6/c1-55(2,3)27-41-56(28-64,33-14-13-30(57)25-37(33)61)45(31-8-6-9-34(58)46(31)62)49(69-41)52(78)68-38-15-12-29(24-40(38)80-5)51(77)66-18-19-72(4)42(76)16-17-67-54-70-48-32(50(71-54)73-20-22-74(23-21-73)53(65)79)26-35(59)43(47(48)63)44-36(60)10-7-11-39(44)75/h6-15,24-26,41,45,49,69,75H,16-23,27H2,1-5H3,(H2,65,79)(H,66,77)(H,68,78)(H,67,70,71)/t41-,45-,49+,56-/m0/s1. The monoisotopic (exact) mass is 1160 g/mol. The Morgan fingerprint density at radius 3 is 2.30 bits per heavy atom. The van der Waals surface area contributed by atoms with Gasteiger partial charge in [-0.25, -0.2) is 27.3 Å². The van der Waals surface area contributed by atoms with Gasteiger partial charge in [-0.3, -0.25) is 14.4 Å². The van der Waals surface area contributed by atoms with Crippen molar-refractivity contribution in [1.29, 1.82) is 5.26 Å². The van der Waals surface area contributed by atoms with Crippen LogP contribution >= 0.6 is 34.8 Å². The minimum Gasteiger partial charge on any atom is -0.507 e. The van der Waals surface area contributed by atoms with Gasteiger partial charge in [-0.05, 0) is 72.0 Å². The quantitative estimate of drug-likeness (QED) is 0.0498. The molecule has 2 saturated heterocycles. The Morgan fingerprint density at radius 1 is 0.912 bits per heavy atom. The van der Waals surface area contributed by atoms with Gasteiger partial charge in [0.05, 0.1) is 40.5 Å². The Kier molecular flexibility index (Phi) is 17.5. The molecule has 7 N–H and O–H groups in total. The zero-order valence-corrected chi connectivity index (χ0v) is 46.3. The lowest BCUT2D eigenvalue weighted by Gasteiger charge is -2.37. The number of aromatic hydroxyl groups is 1. The van der Waals surface area contributed by atoms with Gasteiger partial charge in [-0.1, -0.05) is 79.8 Å². The number of hydrogen-bond acceptors (Lipinski definition) is 12. The molecule has 4 atom stereocenters. The van der Waals surface area contributed by atoms with E-state index in [4.69, 9.17) is 45.3 Å². The fourth-order valence-electron chi connectivity index (χ4n) is 10.4. The first-order valence-electron chi connectivity index (χ1n) is 25.3. The number of urea groups is 1. The first kappa shape index (κ1) is 58.5. The SMILES string of the molecule is COc1cc(C(=O)NCCN(C)C(=O)CCNc2nc(N3CCN(C(N)=O)CC3)c3cc(Cl)c(-c4c(O)cccc4F)c(F)c3n2)ccc1NC(=O)[C@@H]1N[C@@H](CC(C)(C)C)[C@](C#N)(c2ccc(Cl)cc2F)[C@H]1c1cccc(Cl)c1F. The number of likely N-dealkylation sites (N-methyl/N-ethyl adjacent to an activating group) is 1. The van der Waals surface area contributed by atoms with E-state index in [0.29, 0.717) is 0 Å². The molecule has 3 heterocycles. The number of amides is 5. The number of piperazine rings is 1. The Hall–Kier alpha value is -7.64. The molecule has 0 bridgehead atoms. The van der Waals surface area contributed by atoms with Crippen LogP contribution in [0.2, 0.25) is 15.1 Å². The van der Waals surface area contributed by atoms with E-state index in [1.54, 1.807) is 4.90 Å². The predicted molar refractivity (Wildman–Crippen MR) is 297 cm³/mol. The summed E-state index contributed by atoms with van der Waals surface area (Å²) in [7, 11) is 2.86. The number of aromatic nitrogens is 2. The molecule has 0 unspecified atom stereocenters. The number of benzene rings is 5. The van der Waals surface area contributed by atoms with Crippen LogP contribution in [0, 0.1) is 40.0 Å². The van der Waals surface area contributed by atoms with E-state index in [1.807, 2.05) is 20.8 Å². The minimum atomic E-state index is -1.87. The normalized spacial score (nSPS) is 18.2. The van der Waals surface area contributed by atoms with Gasteiger partial charge < -0.3 is 51.5 Å². The summed E-state index contributed by atoms with van der Waals surface area (Å²) in [5, 5.41) is 33.3. The number of phenolic OH excluding ortho intramolecular Hbond substituents is 1. The Balaban J connectivity index is 0.938. The van der Waals surface area contributed by atoms with Gasteiger partial charge in [-0.15, -0.1) is 0 Å². The molecule has 2 aliphatic heterocycles. The molecule has 420 valence electrons. The number of nitriles is 1. The first-order chi connectivity index (χ1) is 38.0. The summed E-state index contributed by atoms with van der Waals surface area (Å²) in [5.74, 6) is -6.91. The molecule has 80 heavy (non-hydrogen) atoms. The maximum absolute atomic E-state index is 16.6. The van der Waals surface area contributed by atoms with Crippen LogP contribution in [0.25, 0.3) is 22.0 Å². The van der Waals surface area contributed by atoms with E-state index < -0.39 is 86.8 Å². The second-order valence-electron chi connectivity index (χ2n) is 20.6. The Labute approximate surface area is 473 Å². The van der Waals surface area contributed by atoms with Crippen LogP contribution in [0.3, 0.4) is 0 Å². The highest BCUT2D eigenvalue weighted by Gasteiger charge is 2.61. The van der Waals surface area contributed by atoms with E-state index in [0.717, 1.165) is 12.1 Å². The van der Waals surface area contributed by atoms with Crippen molar-refractivity contribution >= 4 is 86.9 Å². The minimum absolute atomic E-state index is 0.0105. The molecular weight excluding hydrogens is 1110 g/mol. The van der Waals surface area contributed by atoms with Crippen LogP contribution in [-0.4, -0.2) is 121 Å². The second-order valence-corrected chi connectivity index (χ2v) is 21.9. The number of nitrogens with zero attached hydrogens (tertiary/aromatic N) is 6. The first-order valence-corrected chi connectivity index (χ1v) is 26.4. The van der Waals surface area contributed by atoms with Crippen LogP contribution in [0.5, 0.6) is 11.5 Å². The van der Waals surface area contributed by atoms with Gasteiger partial charge in [0.2, 0.25) is 17.8 Å². The average Bonchev–Trinajstić information content (AvgIpc) is 3.80. The molecule has 0 spiro atoms. The van der Waals surface area contributed by atoms with Crippen LogP contribution in [-0.2, 0) is 15.0 Å². The Bertz CT molecular complexity index is 3430. The number of ether oxygens (including phenoxy) is 1. The highest BCUT2D eigenvalue weighted by atomic mass is 35.5. The van der Waals surface area contributed by atoms with Gasteiger partial charge in [0.1, 0.15) is 45.7 Å². The average molecular weight is 1160 g/mol. The molecule has 0 saturated carbocycles. The summed E-state index contributed by atoms with van der Waals surface area (Å²) in [6, 6.07) is 16.7. The molecule has 17 nitrogen and oxygen atoms in total. The molecule has 1 aromatic heterocycles. The van der Waals surface area contributed by atoms with E-state index in [1.165, 1.54) is 90.7 Å². The zero-order valence-electron chi connectivity index (χ0n) is 44.0. The van der Waals surface area contributed by atoms with Crippen LogP contribution in [0.4, 0.5) is 39.8 Å². The molecule has 2 fully saturated rings. The maximum atomic E-state index is 16.6. The second kappa shape index (κ2) is 24.0. The number of hydrogen-bond donors (Lipinski definition) is 6. The smallest absolute Gasteiger partial charge is 0.314 e. The van der Waals surface area contributed by atoms with Gasteiger partial charge >= 0.3 is 6.03 Å². The summed E-state index contributed by atoms with van der Waals surface area (Å²) in [6.07, 6.45) is 0.151. The highest BCUT2D eigenvalue weighted by Crippen LogP contribution is 2.53. The molecule has 2 aliphatic rings. The summed E-state index contributed by atoms with van der Waals surface area (Å²) >= 11 is 19.0.